The lowest BCUT2D eigenvalue weighted by Gasteiger charge is -2.11. The number of fused-ring (bicyclic) bond motifs is 2. The lowest BCUT2D eigenvalue weighted by Crippen LogP contribution is -2.21. The van der Waals surface area contributed by atoms with E-state index in [2.05, 4.69) is 5.32 Å². The number of carbonyl (C=O) groups is 1. The minimum Gasteiger partial charge on any atom is -0.450 e. The lowest BCUT2D eigenvalue weighted by molar-refractivity contribution is 0.0938. The van der Waals surface area contributed by atoms with Crippen LogP contribution in [0.5, 0.6) is 0 Å². The van der Waals surface area contributed by atoms with Gasteiger partial charge in [-0.25, -0.2) is 0 Å². The molecule has 0 bridgehead atoms. The molecule has 1 amide bonds. The van der Waals surface area contributed by atoms with Crippen molar-refractivity contribution in [1.82, 2.24) is 5.32 Å². The average Bonchev–Trinajstić information content (AvgIpc) is 2.88. The second-order valence-corrected chi connectivity index (χ2v) is 5.92. The van der Waals surface area contributed by atoms with Crippen LogP contribution in [0.1, 0.15) is 38.9 Å². The molecule has 0 saturated heterocycles. The number of benzene rings is 2. The van der Waals surface area contributed by atoms with Gasteiger partial charge in [0.2, 0.25) is 5.76 Å². The van der Waals surface area contributed by atoms with Gasteiger partial charge in [0, 0.05) is 0 Å². The number of nitrogens with one attached hydrogen (secondary N) is 1. The Morgan fingerprint density at radius 3 is 2.43 bits per heavy atom. The minimum absolute atomic E-state index is 0.125. The predicted molar refractivity (Wildman–Crippen MR) is 87.7 cm³/mol. The molecule has 1 aliphatic rings. The first-order valence-corrected chi connectivity index (χ1v) is 7.50. The van der Waals surface area contributed by atoms with Crippen molar-refractivity contribution in [1.29, 1.82) is 0 Å². The zero-order valence-electron chi connectivity index (χ0n) is 12.8. The third kappa shape index (κ3) is 1.99. The van der Waals surface area contributed by atoms with Crippen LogP contribution < -0.4 is 10.7 Å². The minimum atomic E-state index is -0.457. The summed E-state index contributed by atoms with van der Waals surface area (Å²) in [5.41, 5.74) is 3.64. The molecule has 1 aliphatic heterocycles. The van der Waals surface area contributed by atoms with Crippen LogP contribution in [0.25, 0.3) is 11.0 Å². The SMILES string of the molecule is Cc1cc2oc3c(c(=O)c2cc1C)C(c1ccccc1)NC3=O. The van der Waals surface area contributed by atoms with E-state index in [4.69, 9.17) is 4.42 Å². The third-order valence-electron chi connectivity index (χ3n) is 4.45. The quantitative estimate of drug-likeness (QED) is 0.751. The van der Waals surface area contributed by atoms with Crippen molar-refractivity contribution in [2.45, 2.75) is 19.9 Å². The van der Waals surface area contributed by atoms with Crippen LogP contribution in [0.4, 0.5) is 0 Å². The Labute approximate surface area is 132 Å². The molecule has 0 fully saturated rings. The average molecular weight is 305 g/mol. The molecule has 3 aromatic rings. The summed E-state index contributed by atoms with van der Waals surface area (Å²) < 4.78 is 5.77. The molecule has 4 rings (SSSR count). The maximum Gasteiger partial charge on any atom is 0.288 e. The van der Waals surface area contributed by atoms with Crippen LogP contribution in [-0.4, -0.2) is 5.91 Å². The summed E-state index contributed by atoms with van der Waals surface area (Å²) in [4.78, 5) is 25.2. The molecule has 2 aromatic carbocycles. The molecule has 0 aliphatic carbocycles. The smallest absolute Gasteiger partial charge is 0.288 e. The first-order valence-electron chi connectivity index (χ1n) is 7.50. The Hall–Kier alpha value is -2.88. The highest BCUT2D eigenvalue weighted by Crippen LogP contribution is 2.31. The summed E-state index contributed by atoms with van der Waals surface area (Å²) in [6.07, 6.45) is 0. The standard InChI is InChI=1S/C19H15NO3/c1-10-8-13-14(9-11(10)2)23-18-15(17(13)21)16(20-19(18)22)12-6-4-3-5-7-12/h3-9,16H,1-2H3,(H,20,22). The van der Waals surface area contributed by atoms with Crippen LogP contribution in [0, 0.1) is 13.8 Å². The van der Waals surface area contributed by atoms with Crippen LogP contribution in [0.3, 0.4) is 0 Å². The molecule has 0 saturated carbocycles. The number of amides is 1. The van der Waals surface area contributed by atoms with Gasteiger partial charge < -0.3 is 9.73 Å². The fourth-order valence-corrected chi connectivity index (χ4v) is 3.06. The Morgan fingerprint density at radius 2 is 1.70 bits per heavy atom. The van der Waals surface area contributed by atoms with E-state index in [0.29, 0.717) is 16.5 Å². The molecule has 1 atom stereocenters. The Kier molecular flexibility index (Phi) is 2.88. The van der Waals surface area contributed by atoms with Gasteiger partial charge in [-0.3, -0.25) is 9.59 Å². The maximum absolute atomic E-state index is 13.0. The highest BCUT2D eigenvalue weighted by molar-refractivity contribution is 5.99. The lowest BCUT2D eigenvalue weighted by atomic mass is 9.98. The molecule has 4 heteroatoms. The zero-order valence-corrected chi connectivity index (χ0v) is 12.8. The monoisotopic (exact) mass is 305 g/mol. The molecule has 23 heavy (non-hydrogen) atoms. The summed E-state index contributed by atoms with van der Waals surface area (Å²) in [6, 6.07) is 12.6. The molecule has 0 radical (unpaired) electrons. The predicted octanol–water partition coefficient (Wildman–Crippen LogP) is 3.24. The maximum atomic E-state index is 13.0. The summed E-state index contributed by atoms with van der Waals surface area (Å²) >= 11 is 0. The first kappa shape index (κ1) is 13.8. The second kappa shape index (κ2) is 4.81. The first-order chi connectivity index (χ1) is 11.1. The Morgan fingerprint density at radius 1 is 1.00 bits per heavy atom. The van der Waals surface area contributed by atoms with Gasteiger partial charge in [0.05, 0.1) is 17.0 Å². The van der Waals surface area contributed by atoms with Gasteiger partial charge >= 0.3 is 0 Å². The number of hydrogen-bond acceptors (Lipinski definition) is 3. The fraction of sp³-hybridized carbons (Fsp3) is 0.158. The van der Waals surface area contributed by atoms with E-state index in [-0.39, 0.29) is 17.1 Å². The van der Waals surface area contributed by atoms with Gasteiger partial charge in [-0.1, -0.05) is 30.3 Å². The highest BCUT2D eigenvalue weighted by Gasteiger charge is 2.35. The van der Waals surface area contributed by atoms with E-state index < -0.39 is 6.04 Å². The van der Waals surface area contributed by atoms with Crippen molar-refractivity contribution in [3.63, 3.8) is 0 Å². The summed E-state index contributed by atoms with van der Waals surface area (Å²) in [7, 11) is 0. The van der Waals surface area contributed by atoms with Gasteiger partial charge in [0.1, 0.15) is 5.58 Å². The zero-order chi connectivity index (χ0) is 16.1. The van der Waals surface area contributed by atoms with E-state index in [9.17, 15) is 9.59 Å². The normalized spacial score (nSPS) is 16.4. The molecule has 1 unspecified atom stereocenters. The van der Waals surface area contributed by atoms with E-state index in [1.807, 2.05) is 56.3 Å². The highest BCUT2D eigenvalue weighted by atomic mass is 16.3. The largest absolute Gasteiger partial charge is 0.450 e. The molecule has 0 spiro atoms. The number of hydrogen-bond donors (Lipinski definition) is 1. The Bertz CT molecular complexity index is 1000. The molecular weight excluding hydrogens is 290 g/mol. The number of aryl methyl sites for hydroxylation is 2. The molecular formula is C19H15NO3. The van der Waals surface area contributed by atoms with Crippen LogP contribution in [0.2, 0.25) is 0 Å². The second-order valence-electron chi connectivity index (χ2n) is 5.92. The molecule has 1 N–H and O–H groups in total. The van der Waals surface area contributed by atoms with Crippen molar-refractivity contribution in [2.24, 2.45) is 0 Å². The van der Waals surface area contributed by atoms with E-state index in [0.717, 1.165) is 16.7 Å². The van der Waals surface area contributed by atoms with Crippen molar-refractivity contribution >= 4 is 16.9 Å². The van der Waals surface area contributed by atoms with Crippen LogP contribution in [-0.2, 0) is 0 Å². The van der Waals surface area contributed by atoms with E-state index in [1.165, 1.54) is 0 Å². The van der Waals surface area contributed by atoms with Gasteiger partial charge in [-0.15, -0.1) is 0 Å². The van der Waals surface area contributed by atoms with Crippen LogP contribution >= 0.6 is 0 Å². The van der Waals surface area contributed by atoms with Gasteiger partial charge in [-0.05, 0) is 42.7 Å². The summed E-state index contributed by atoms with van der Waals surface area (Å²) in [5, 5.41) is 3.37. The van der Waals surface area contributed by atoms with E-state index in [1.54, 1.807) is 0 Å². The van der Waals surface area contributed by atoms with Crippen molar-refractivity contribution in [3.8, 4) is 0 Å². The molecule has 1 aromatic heterocycles. The Balaban J connectivity index is 2.04. The van der Waals surface area contributed by atoms with E-state index >= 15 is 0 Å². The van der Waals surface area contributed by atoms with Crippen molar-refractivity contribution < 1.29 is 9.21 Å². The number of carbonyl (C=O) groups excluding carboxylic acids is 1. The topological polar surface area (TPSA) is 59.3 Å². The van der Waals surface area contributed by atoms with Crippen molar-refractivity contribution in [3.05, 3.63) is 80.7 Å². The summed E-state index contributed by atoms with van der Waals surface area (Å²) in [5.74, 6) is -0.217. The van der Waals surface area contributed by atoms with Gasteiger partial charge in [-0.2, -0.15) is 0 Å². The number of rotatable bonds is 1. The molecule has 4 nitrogen and oxygen atoms in total. The fourth-order valence-electron chi connectivity index (χ4n) is 3.06. The molecule has 114 valence electrons. The molecule has 2 heterocycles. The van der Waals surface area contributed by atoms with Crippen molar-refractivity contribution in [2.75, 3.05) is 0 Å². The van der Waals surface area contributed by atoms with Gasteiger partial charge in [0.25, 0.3) is 5.91 Å². The third-order valence-corrected chi connectivity index (χ3v) is 4.45. The summed E-state index contributed by atoms with van der Waals surface area (Å²) in [6.45, 7) is 3.91. The van der Waals surface area contributed by atoms with Crippen LogP contribution in [0.15, 0.2) is 51.7 Å². The van der Waals surface area contributed by atoms with Gasteiger partial charge in [0.15, 0.2) is 5.43 Å².